The Morgan fingerprint density at radius 3 is 2.78 bits per heavy atom. The Kier molecular flexibility index (Phi) is 4.83. The molecule has 0 bridgehead atoms. The van der Waals surface area contributed by atoms with E-state index in [1.54, 1.807) is 17.4 Å². The molecule has 2 amide bonds. The lowest BCUT2D eigenvalue weighted by atomic mass is 10.1. The summed E-state index contributed by atoms with van der Waals surface area (Å²) < 4.78 is 5.82. The summed E-state index contributed by atoms with van der Waals surface area (Å²) in [4.78, 5) is 24.4. The van der Waals surface area contributed by atoms with Gasteiger partial charge >= 0.3 is 0 Å². The van der Waals surface area contributed by atoms with E-state index in [4.69, 9.17) is 4.74 Å². The molecule has 1 fully saturated rings. The Bertz CT molecular complexity index is 766. The van der Waals surface area contributed by atoms with Crippen LogP contribution < -0.4 is 10.1 Å². The van der Waals surface area contributed by atoms with Crippen molar-refractivity contribution in [3.8, 4) is 5.75 Å². The topological polar surface area (TPSA) is 55.4 Å². The highest BCUT2D eigenvalue weighted by atomic mass is 32.2. The average Bonchev–Trinajstić information content (AvgIpc) is 3.12. The monoisotopic (exact) mass is 345 g/mol. The second-order valence-electron chi connectivity index (χ2n) is 5.05. The SMILES string of the molecule is Cc1cc(/C=C2\SC(=O)NC2=O)ccc1OCCc1cccs1. The van der Waals surface area contributed by atoms with Crippen LogP contribution in [0.2, 0.25) is 0 Å². The largest absolute Gasteiger partial charge is 0.493 e. The highest BCUT2D eigenvalue weighted by Gasteiger charge is 2.24. The van der Waals surface area contributed by atoms with Gasteiger partial charge < -0.3 is 4.74 Å². The van der Waals surface area contributed by atoms with Gasteiger partial charge in [-0.15, -0.1) is 11.3 Å². The zero-order valence-electron chi connectivity index (χ0n) is 12.5. The quantitative estimate of drug-likeness (QED) is 0.832. The zero-order valence-corrected chi connectivity index (χ0v) is 14.1. The molecule has 0 spiro atoms. The van der Waals surface area contributed by atoms with Gasteiger partial charge in [-0.25, -0.2) is 0 Å². The molecule has 0 radical (unpaired) electrons. The van der Waals surface area contributed by atoms with E-state index in [2.05, 4.69) is 16.8 Å². The van der Waals surface area contributed by atoms with E-state index < -0.39 is 0 Å². The number of benzene rings is 1. The first kappa shape index (κ1) is 15.8. The number of hydrogen-bond donors (Lipinski definition) is 1. The number of amides is 2. The van der Waals surface area contributed by atoms with Gasteiger partial charge in [-0.1, -0.05) is 12.1 Å². The predicted octanol–water partition coefficient (Wildman–Crippen LogP) is 4.00. The van der Waals surface area contributed by atoms with Crippen molar-refractivity contribution in [2.24, 2.45) is 0 Å². The number of rotatable bonds is 5. The molecule has 2 heterocycles. The molecule has 4 nitrogen and oxygen atoms in total. The van der Waals surface area contributed by atoms with Crippen LogP contribution in [0.4, 0.5) is 4.79 Å². The van der Waals surface area contributed by atoms with Gasteiger partial charge in [0.25, 0.3) is 11.1 Å². The molecule has 1 aromatic heterocycles. The Morgan fingerprint density at radius 1 is 1.26 bits per heavy atom. The van der Waals surface area contributed by atoms with Crippen LogP contribution in [0.15, 0.2) is 40.6 Å². The minimum atomic E-state index is -0.339. The van der Waals surface area contributed by atoms with Gasteiger partial charge in [-0.3, -0.25) is 14.9 Å². The maximum Gasteiger partial charge on any atom is 0.290 e. The number of nitrogens with one attached hydrogen (secondary N) is 1. The summed E-state index contributed by atoms with van der Waals surface area (Å²) in [6.45, 7) is 2.60. The smallest absolute Gasteiger partial charge is 0.290 e. The second kappa shape index (κ2) is 7.02. The van der Waals surface area contributed by atoms with Crippen LogP contribution in [0.5, 0.6) is 5.75 Å². The van der Waals surface area contributed by atoms with E-state index in [1.807, 2.05) is 31.2 Å². The van der Waals surface area contributed by atoms with Crippen LogP contribution in [-0.4, -0.2) is 17.8 Å². The maximum absolute atomic E-state index is 11.6. The van der Waals surface area contributed by atoms with Crippen molar-refractivity contribution >= 4 is 40.3 Å². The fourth-order valence-electron chi connectivity index (χ4n) is 2.21. The summed E-state index contributed by atoms with van der Waals surface area (Å²) in [5.74, 6) is 0.497. The summed E-state index contributed by atoms with van der Waals surface area (Å²) >= 11 is 2.65. The molecule has 1 N–H and O–H groups in total. The molecule has 0 unspecified atom stereocenters. The Hall–Kier alpha value is -2.05. The van der Waals surface area contributed by atoms with Gasteiger partial charge in [-0.2, -0.15) is 0 Å². The lowest BCUT2D eigenvalue weighted by molar-refractivity contribution is -0.115. The molecule has 2 aromatic rings. The van der Waals surface area contributed by atoms with E-state index in [9.17, 15) is 9.59 Å². The minimum Gasteiger partial charge on any atom is -0.493 e. The number of aryl methyl sites for hydroxylation is 1. The lowest BCUT2D eigenvalue weighted by Crippen LogP contribution is -2.17. The molecule has 3 rings (SSSR count). The molecule has 1 saturated heterocycles. The van der Waals surface area contributed by atoms with Crippen molar-refractivity contribution in [3.63, 3.8) is 0 Å². The summed E-state index contributed by atoms with van der Waals surface area (Å²) in [5.41, 5.74) is 1.88. The first-order valence-corrected chi connectivity index (χ1v) is 8.82. The standard InChI is InChI=1S/C17H15NO3S2/c1-11-9-12(10-15-16(19)18-17(20)23-15)4-5-14(11)21-7-6-13-3-2-8-22-13/h2-5,8-10H,6-7H2,1H3,(H,18,19,20)/b15-10-. The van der Waals surface area contributed by atoms with Crippen LogP contribution in [0.1, 0.15) is 16.0 Å². The van der Waals surface area contributed by atoms with Crippen molar-refractivity contribution in [1.82, 2.24) is 5.32 Å². The summed E-state index contributed by atoms with van der Waals surface area (Å²) in [5, 5.41) is 3.98. The molecule has 23 heavy (non-hydrogen) atoms. The van der Waals surface area contributed by atoms with Crippen LogP contribution in [0, 0.1) is 6.92 Å². The molecule has 6 heteroatoms. The third kappa shape index (κ3) is 4.03. The molecule has 0 saturated carbocycles. The van der Waals surface area contributed by atoms with E-state index in [0.29, 0.717) is 11.5 Å². The molecule has 118 valence electrons. The number of thioether (sulfide) groups is 1. The van der Waals surface area contributed by atoms with E-state index in [1.165, 1.54) is 4.88 Å². The van der Waals surface area contributed by atoms with Crippen LogP contribution in [0.3, 0.4) is 0 Å². The van der Waals surface area contributed by atoms with Crippen molar-refractivity contribution in [3.05, 3.63) is 56.6 Å². The molecule has 1 aliphatic rings. The first-order valence-electron chi connectivity index (χ1n) is 7.12. The van der Waals surface area contributed by atoms with E-state index in [0.717, 1.165) is 35.1 Å². The predicted molar refractivity (Wildman–Crippen MR) is 93.8 cm³/mol. The maximum atomic E-state index is 11.6. The van der Waals surface area contributed by atoms with Crippen LogP contribution >= 0.6 is 23.1 Å². The van der Waals surface area contributed by atoms with Gasteiger partial charge in [0.05, 0.1) is 11.5 Å². The molecule has 0 aliphatic carbocycles. The molecular weight excluding hydrogens is 330 g/mol. The highest BCUT2D eigenvalue weighted by molar-refractivity contribution is 8.18. The van der Waals surface area contributed by atoms with Crippen LogP contribution in [0.25, 0.3) is 6.08 Å². The zero-order chi connectivity index (χ0) is 16.2. The Labute approximate surface area is 142 Å². The number of imide groups is 1. The first-order chi connectivity index (χ1) is 11.1. The molecule has 1 aliphatic heterocycles. The molecule has 1 aromatic carbocycles. The summed E-state index contributed by atoms with van der Waals surface area (Å²) in [7, 11) is 0. The Balaban J connectivity index is 1.65. The van der Waals surface area contributed by atoms with Crippen LogP contribution in [-0.2, 0) is 11.2 Å². The number of carbonyl (C=O) groups is 2. The van der Waals surface area contributed by atoms with Gasteiger partial charge in [0.1, 0.15) is 5.75 Å². The highest BCUT2D eigenvalue weighted by Crippen LogP contribution is 2.27. The van der Waals surface area contributed by atoms with E-state index >= 15 is 0 Å². The average molecular weight is 345 g/mol. The van der Waals surface area contributed by atoms with Crippen molar-refractivity contribution in [1.29, 1.82) is 0 Å². The van der Waals surface area contributed by atoms with Gasteiger partial charge in [0.15, 0.2) is 0 Å². The minimum absolute atomic E-state index is 0.327. The molecule has 0 atom stereocenters. The Morgan fingerprint density at radius 2 is 2.13 bits per heavy atom. The number of carbonyl (C=O) groups excluding carboxylic acids is 2. The third-order valence-electron chi connectivity index (χ3n) is 3.32. The number of thiophene rings is 1. The number of hydrogen-bond acceptors (Lipinski definition) is 5. The van der Waals surface area contributed by atoms with Crippen molar-refractivity contribution < 1.29 is 14.3 Å². The normalized spacial score (nSPS) is 16.0. The lowest BCUT2D eigenvalue weighted by Gasteiger charge is -2.09. The fourth-order valence-corrected chi connectivity index (χ4v) is 3.59. The third-order valence-corrected chi connectivity index (χ3v) is 5.07. The van der Waals surface area contributed by atoms with Gasteiger partial charge in [0, 0.05) is 11.3 Å². The summed E-state index contributed by atoms with van der Waals surface area (Å²) in [6, 6.07) is 9.87. The van der Waals surface area contributed by atoms with Gasteiger partial charge in [-0.05, 0) is 59.5 Å². The van der Waals surface area contributed by atoms with Gasteiger partial charge in [0.2, 0.25) is 0 Å². The van der Waals surface area contributed by atoms with Crippen molar-refractivity contribution in [2.75, 3.05) is 6.61 Å². The fraction of sp³-hybridized carbons (Fsp3) is 0.176. The second-order valence-corrected chi connectivity index (χ2v) is 7.10. The molecular formula is C17H15NO3S2. The van der Waals surface area contributed by atoms with Crippen molar-refractivity contribution in [2.45, 2.75) is 13.3 Å². The summed E-state index contributed by atoms with van der Waals surface area (Å²) in [6.07, 6.45) is 2.61. The van der Waals surface area contributed by atoms with E-state index in [-0.39, 0.29) is 11.1 Å². The number of ether oxygens (including phenoxy) is 1.